The third-order valence-corrected chi connectivity index (χ3v) is 4.76. The average Bonchev–Trinajstić information content (AvgIpc) is 3.09. The molecule has 1 aromatic carbocycles. The summed E-state index contributed by atoms with van der Waals surface area (Å²) in [7, 11) is 0. The highest BCUT2D eigenvalue weighted by Crippen LogP contribution is 2.35. The molecular weight excluding hydrogens is 340 g/mol. The molecule has 2 heterocycles. The predicted molar refractivity (Wildman–Crippen MR) is 95.4 cm³/mol. The van der Waals surface area contributed by atoms with E-state index in [4.69, 9.17) is 9.47 Å². The fourth-order valence-electron chi connectivity index (χ4n) is 2.50. The number of nitrogens with zero attached hydrogens (tertiary/aromatic N) is 2. The fraction of sp³-hybridized carbons (Fsp3) is 0.389. The number of carbonyl (C=O) groups is 1. The topological polar surface area (TPSA) is 81.5 Å². The van der Waals surface area contributed by atoms with Crippen molar-refractivity contribution in [2.24, 2.45) is 0 Å². The van der Waals surface area contributed by atoms with Crippen molar-refractivity contribution in [3.63, 3.8) is 0 Å². The van der Waals surface area contributed by atoms with Crippen LogP contribution in [0.25, 0.3) is 11.3 Å². The molecule has 1 aromatic heterocycles. The quantitative estimate of drug-likeness (QED) is 0.428. The van der Waals surface area contributed by atoms with Crippen LogP contribution in [0.2, 0.25) is 0 Å². The molecule has 1 N–H and O–H groups in total. The normalized spacial score (nSPS) is 12.4. The second-order valence-corrected chi connectivity index (χ2v) is 6.77. The van der Waals surface area contributed by atoms with Gasteiger partial charge in [-0.3, -0.25) is 0 Å². The minimum Gasteiger partial charge on any atom is -0.477 e. The molecule has 1 aliphatic rings. The minimum atomic E-state index is -1.06. The van der Waals surface area contributed by atoms with E-state index in [2.05, 4.69) is 16.9 Å². The van der Waals surface area contributed by atoms with Crippen LogP contribution in [0.1, 0.15) is 43.1 Å². The Labute approximate surface area is 150 Å². The van der Waals surface area contributed by atoms with Gasteiger partial charge >= 0.3 is 5.97 Å². The number of benzene rings is 1. The largest absolute Gasteiger partial charge is 0.477 e. The number of carboxylic acid groups (broad SMARTS) is 1. The predicted octanol–water partition coefficient (Wildman–Crippen LogP) is 4.24. The molecule has 1 aliphatic heterocycles. The molecule has 0 saturated heterocycles. The molecular formula is C18H20N2O4S. The Bertz CT molecular complexity index is 767. The summed E-state index contributed by atoms with van der Waals surface area (Å²) in [6.07, 6.45) is 4.62. The van der Waals surface area contributed by atoms with Gasteiger partial charge in [-0.2, -0.15) is 0 Å². The highest BCUT2D eigenvalue weighted by Gasteiger charge is 2.17. The summed E-state index contributed by atoms with van der Waals surface area (Å²) < 4.78 is 10.7. The maximum Gasteiger partial charge on any atom is 0.354 e. The Morgan fingerprint density at radius 3 is 2.80 bits per heavy atom. The van der Waals surface area contributed by atoms with Gasteiger partial charge in [-0.1, -0.05) is 37.9 Å². The van der Waals surface area contributed by atoms with Crippen LogP contribution in [0, 0.1) is 0 Å². The van der Waals surface area contributed by atoms with Gasteiger partial charge in [0.15, 0.2) is 22.3 Å². The maximum atomic E-state index is 11.4. The van der Waals surface area contributed by atoms with Crippen molar-refractivity contribution >= 4 is 17.7 Å². The lowest BCUT2D eigenvalue weighted by atomic mass is 10.1. The highest BCUT2D eigenvalue weighted by atomic mass is 32.2. The van der Waals surface area contributed by atoms with E-state index >= 15 is 0 Å². The van der Waals surface area contributed by atoms with Gasteiger partial charge in [0.05, 0.1) is 5.69 Å². The molecule has 0 spiro atoms. The standard InChI is InChI=1S/C18H20N2O4S/c1-2-3-4-5-8-25-18-19-13(10-14(20-18)17(21)22)12-6-7-15-16(9-12)24-11-23-15/h6-7,9-10H,2-5,8,11H2,1H3,(H,21,22). The van der Waals surface area contributed by atoms with Gasteiger partial charge in [0.2, 0.25) is 6.79 Å². The molecule has 0 amide bonds. The first kappa shape index (κ1) is 17.5. The molecule has 0 saturated carbocycles. The van der Waals surface area contributed by atoms with Crippen LogP contribution in [-0.2, 0) is 0 Å². The molecule has 0 radical (unpaired) electrons. The molecule has 7 heteroatoms. The third-order valence-electron chi connectivity index (χ3n) is 3.82. The van der Waals surface area contributed by atoms with Crippen LogP contribution in [0.3, 0.4) is 0 Å². The van der Waals surface area contributed by atoms with Crippen molar-refractivity contribution in [1.29, 1.82) is 0 Å². The number of hydrogen-bond donors (Lipinski definition) is 1. The smallest absolute Gasteiger partial charge is 0.354 e. The number of aromatic carboxylic acids is 1. The summed E-state index contributed by atoms with van der Waals surface area (Å²) in [4.78, 5) is 20.1. The number of carboxylic acids is 1. The molecule has 0 aliphatic carbocycles. The Morgan fingerprint density at radius 1 is 1.16 bits per heavy atom. The Balaban J connectivity index is 1.82. The molecule has 6 nitrogen and oxygen atoms in total. The number of fused-ring (bicyclic) bond motifs is 1. The van der Waals surface area contributed by atoms with Gasteiger partial charge in [-0.25, -0.2) is 14.8 Å². The van der Waals surface area contributed by atoms with Crippen LogP contribution < -0.4 is 9.47 Å². The van der Waals surface area contributed by atoms with Gasteiger partial charge in [0, 0.05) is 11.3 Å². The number of ether oxygens (including phenoxy) is 2. The van der Waals surface area contributed by atoms with Crippen molar-refractivity contribution in [3.05, 3.63) is 30.0 Å². The third kappa shape index (κ3) is 4.42. The van der Waals surface area contributed by atoms with Crippen LogP contribution in [0.15, 0.2) is 29.4 Å². The monoisotopic (exact) mass is 360 g/mol. The summed E-state index contributed by atoms with van der Waals surface area (Å²) in [6, 6.07) is 6.95. The van der Waals surface area contributed by atoms with E-state index in [1.807, 2.05) is 12.1 Å². The van der Waals surface area contributed by atoms with Crippen molar-refractivity contribution in [2.45, 2.75) is 37.8 Å². The van der Waals surface area contributed by atoms with Gasteiger partial charge < -0.3 is 14.6 Å². The van der Waals surface area contributed by atoms with Gasteiger partial charge in [-0.15, -0.1) is 0 Å². The number of hydrogen-bond acceptors (Lipinski definition) is 6. The maximum absolute atomic E-state index is 11.4. The minimum absolute atomic E-state index is 0.00118. The number of unbranched alkanes of at least 4 members (excludes halogenated alkanes) is 3. The van der Waals surface area contributed by atoms with E-state index in [1.54, 1.807) is 6.07 Å². The average molecular weight is 360 g/mol. The number of aromatic nitrogens is 2. The Morgan fingerprint density at radius 2 is 2.00 bits per heavy atom. The second kappa shape index (κ2) is 8.20. The molecule has 0 unspecified atom stereocenters. The first-order chi connectivity index (χ1) is 12.2. The van der Waals surface area contributed by atoms with E-state index in [-0.39, 0.29) is 12.5 Å². The lowest BCUT2D eigenvalue weighted by Gasteiger charge is -2.07. The van der Waals surface area contributed by atoms with Crippen LogP contribution in [-0.4, -0.2) is 33.6 Å². The first-order valence-corrected chi connectivity index (χ1v) is 9.31. The lowest BCUT2D eigenvalue weighted by molar-refractivity contribution is 0.0689. The second-order valence-electron chi connectivity index (χ2n) is 5.70. The SMILES string of the molecule is CCCCCCSc1nc(C(=O)O)cc(-c2ccc3c(c2)OCO3)n1. The Hall–Kier alpha value is -2.28. The molecule has 25 heavy (non-hydrogen) atoms. The van der Waals surface area contributed by atoms with Crippen LogP contribution >= 0.6 is 11.8 Å². The van der Waals surface area contributed by atoms with E-state index in [0.29, 0.717) is 22.3 Å². The van der Waals surface area contributed by atoms with Gasteiger partial charge in [0.25, 0.3) is 0 Å². The van der Waals surface area contributed by atoms with Crippen molar-refractivity contribution in [1.82, 2.24) is 9.97 Å². The van der Waals surface area contributed by atoms with Crippen molar-refractivity contribution in [3.8, 4) is 22.8 Å². The summed E-state index contributed by atoms with van der Waals surface area (Å²) in [6.45, 7) is 2.37. The zero-order valence-corrected chi connectivity index (χ0v) is 14.8. The van der Waals surface area contributed by atoms with E-state index < -0.39 is 5.97 Å². The summed E-state index contributed by atoms with van der Waals surface area (Å²) in [5.41, 5.74) is 1.35. The summed E-state index contributed by atoms with van der Waals surface area (Å²) in [5.74, 6) is 1.14. The summed E-state index contributed by atoms with van der Waals surface area (Å²) in [5, 5.41) is 9.82. The molecule has 132 valence electrons. The fourth-order valence-corrected chi connectivity index (χ4v) is 3.35. The first-order valence-electron chi connectivity index (χ1n) is 8.32. The van der Waals surface area contributed by atoms with Crippen LogP contribution in [0.5, 0.6) is 11.5 Å². The highest BCUT2D eigenvalue weighted by molar-refractivity contribution is 7.99. The summed E-state index contributed by atoms with van der Waals surface area (Å²) >= 11 is 1.50. The van der Waals surface area contributed by atoms with E-state index in [0.717, 1.165) is 24.2 Å². The van der Waals surface area contributed by atoms with Crippen LogP contribution in [0.4, 0.5) is 0 Å². The molecule has 0 atom stereocenters. The Kier molecular flexibility index (Phi) is 5.75. The van der Waals surface area contributed by atoms with Gasteiger partial charge in [0.1, 0.15) is 0 Å². The zero-order valence-electron chi connectivity index (χ0n) is 14.0. The number of rotatable bonds is 8. The molecule has 0 fully saturated rings. The number of thioether (sulfide) groups is 1. The van der Waals surface area contributed by atoms with Crippen molar-refractivity contribution in [2.75, 3.05) is 12.5 Å². The van der Waals surface area contributed by atoms with Crippen molar-refractivity contribution < 1.29 is 19.4 Å². The van der Waals surface area contributed by atoms with Gasteiger partial charge in [-0.05, 0) is 30.7 Å². The van der Waals surface area contributed by atoms with E-state index in [9.17, 15) is 9.90 Å². The zero-order chi connectivity index (χ0) is 17.6. The molecule has 2 aromatic rings. The molecule has 0 bridgehead atoms. The van der Waals surface area contributed by atoms with E-state index in [1.165, 1.54) is 30.7 Å². The lowest BCUT2D eigenvalue weighted by Crippen LogP contribution is -2.04. The molecule has 3 rings (SSSR count).